The molecular weight excluding hydrogens is 380 g/mol. The predicted octanol–water partition coefficient (Wildman–Crippen LogP) is 1.91. The van der Waals surface area contributed by atoms with Gasteiger partial charge >= 0.3 is 17.9 Å². The third-order valence-electron chi connectivity index (χ3n) is 8.02. The van der Waals surface area contributed by atoms with Gasteiger partial charge in [-0.1, -0.05) is 6.92 Å². The number of carbonyl (C=O) groups is 3. The fourth-order valence-corrected chi connectivity index (χ4v) is 6.68. The van der Waals surface area contributed by atoms with Crippen LogP contribution in [0.1, 0.15) is 50.7 Å². The highest BCUT2D eigenvalue weighted by Crippen LogP contribution is 2.69. The van der Waals surface area contributed by atoms with E-state index in [-0.39, 0.29) is 18.8 Å². The predicted molar refractivity (Wildman–Crippen MR) is 95.0 cm³/mol. The highest BCUT2D eigenvalue weighted by molar-refractivity contribution is 5.93. The molecule has 1 N–H and O–H groups in total. The van der Waals surface area contributed by atoms with Gasteiger partial charge in [-0.2, -0.15) is 0 Å². The standard InChI is InChI=1S/C21H24O8/c1-19-9-14(11-4-6-27-10-11)29-16(22)13(19)3-5-20-15(19)7-12(28-17(20)23)8-21(20,25)18(24)26-2/h4,6,10,12-15,25H,3,5,7-9H2,1-2H3/t12-,13-,14+,15+,19-,20-,21+/m1/s1. The van der Waals surface area contributed by atoms with Crippen LogP contribution < -0.4 is 0 Å². The van der Waals surface area contributed by atoms with E-state index in [2.05, 4.69) is 0 Å². The number of cyclic esters (lactones) is 1. The molecule has 7 atom stereocenters. The van der Waals surface area contributed by atoms with Gasteiger partial charge in [0.15, 0.2) is 5.60 Å². The molecule has 3 saturated heterocycles. The van der Waals surface area contributed by atoms with Crippen LogP contribution >= 0.6 is 0 Å². The number of hydrogen-bond acceptors (Lipinski definition) is 8. The first kappa shape index (κ1) is 18.7. The van der Waals surface area contributed by atoms with Crippen LogP contribution in [0.15, 0.2) is 23.0 Å². The molecule has 29 heavy (non-hydrogen) atoms. The topological polar surface area (TPSA) is 112 Å². The summed E-state index contributed by atoms with van der Waals surface area (Å²) in [5, 5.41) is 11.5. The lowest BCUT2D eigenvalue weighted by Crippen LogP contribution is -2.75. The van der Waals surface area contributed by atoms with Gasteiger partial charge in [-0.3, -0.25) is 9.59 Å². The van der Waals surface area contributed by atoms with Gasteiger partial charge in [-0.25, -0.2) is 4.79 Å². The lowest BCUT2D eigenvalue weighted by molar-refractivity contribution is -0.283. The number of fused-ring (bicyclic) bond motifs is 3. The third kappa shape index (κ3) is 2.15. The minimum absolute atomic E-state index is 0.0261. The van der Waals surface area contributed by atoms with E-state index in [1.54, 1.807) is 12.3 Å². The number of ether oxygens (including phenoxy) is 3. The molecule has 3 aliphatic heterocycles. The van der Waals surface area contributed by atoms with Crippen molar-refractivity contribution >= 4 is 17.9 Å². The van der Waals surface area contributed by atoms with Gasteiger partial charge in [0.2, 0.25) is 0 Å². The van der Waals surface area contributed by atoms with E-state index in [4.69, 9.17) is 18.6 Å². The average molecular weight is 404 g/mol. The molecule has 2 bridgehead atoms. The minimum atomic E-state index is -1.95. The fourth-order valence-electron chi connectivity index (χ4n) is 6.68. The summed E-state index contributed by atoms with van der Waals surface area (Å²) in [5.41, 5.74) is -3.26. The Bertz CT molecular complexity index is 877. The quantitative estimate of drug-likeness (QED) is 0.588. The van der Waals surface area contributed by atoms with Crippen LogP contribution in [0.3, 0.4) is 0 Å². The number of furan rings is 1. The van der Waals surface area contributed by atoms with Gasteiger partial charge in [0.25, 0.3) is 0 Å². The van der Waals surface area contributed by atoms with E-state index in [0.29, 0.717) is 19.3 Å². The van der Waals surface area contributed by atoms with E-state index in [1.807, 2.05) is 6.92 Å². The summed E-state index contributed by atoms with van der Waals surface area (Å²) in [4.78, 5) is 38.7. The van der Waals surface area contributed by atoms with Crippen molar-refractivity contribution in [1.29, 1.82) is 0 Å². The van der Waals surface area contributed by atoms with Crippen molar-refractivity contribution in [2.24, 2.45) is 22.7 Å². The molecular formula is C21H24O8. The Hall–Kier alpha value is -2.35. The number of rotatable bonds is 2. The first-order chi connectivity index (χ1) is 13.8. The number of methoxy groups -OCH3 is 1. The number of aliphatic hydroxyl groups is 1. The van der Waals surface area contributed by atoms with Gasteiger partial charge < -0.3 is 23.7 Å². The van der Waals surface area contributed by atoms with Gasteiger partial charge in [-0.15, -0.1) is 0 Å². The van der Waals surface area contributed by atoms with Crippen LogP contribution in [-0.4, -0.2) is 41.8 Å². The first-order valence-corrected chi connectivity index (χ1v) is 10.0. The SMILES string of the molecule is COC(=O)[C@@]1(O)C[C@H]2C[C@H]3[C@]4(C)C[C@@H](c5ccoc5)OC(=O)[C@H]4CC[C@]31C(=O)O2. The summed E-state index contributed by atoms with van der Waals surface area (Å²) in [6.45, 7) is 1.97. The second kappa shape index (κ2) is 5.84. The second-order valence-corrected chi connectivity index (χ2v) is 9.13. The van der Waals surface area contributed by atoms with Crippen molar-refractivity contribution in [3.8, 4) is 0 Å². The summed E-state index contributed by atoms with van der Waals surface area (Å²) in [7, 11) is 1.21. The Labute approximate surface area is 167 Å². The zero-order chi connectivity index (χ0) is 20.6. The lowest BCUT2D eigenvalue weighted by Gasteiger charge is -2.66. The lowest BCUT2D eigenvalue weighted by atomic mass is 9.40. The van der Waals surface area contributed by atoms with Gasteiger partial charge in [-0.05, 0) is 43.1 Å². The number of esters is 3. The Morgan fingerprint density at radius 1 is 1.28 bits per heavy atom. The molecule has 1 aromatic rings. The number of hydrogen-bond donors (Lipinski definition) is 1. The molecule has 4 heterocycles. The Balaban J connectivity index is 1.62. The first-order valence-electron chi connectivity index (χ1n) is 10.0. The Kier molecular flexibility index (Phi) is 3.76. The summed E-state index contributed by atoms with van der Waals surface area (Å²) in [6.07, 6.45) is 3.51. The molecule has 1 spiro atoms. The maximum Gasteiger partial charge on any atom is 0.339 e. The molecule has 5 fully saturated rings. The Morgan fingerprint density at radius 3 is 2.76 bits per heavy atom. The van der Waals surface area contributed by atoms with Crippen molar-refractivity contribution in [3.05, 3.63) is 24.2 Å². The molecule has 1 aromatic heterocycles. The molecule has 8 nitrogen and oxygen atoms in total. The maximum absolute atomic E-state index is 13.1. The zero-order valence-electron chi connectivity index (χ0n) is 16.4. The molecule has 0 aromatic carbocycles. The summed E-state index contributed by atoms with van der Waals surface area (Å²) in [5.74, 6) is -2.49. The maximum atomic E-state index is 13.1. The second-order valence-electron chi connectivity index (χ2n) is 9.13. The van der Waals surface area contributed by atoms with E-state index >= 15 is 0 Å². The zero-order valence-corrected chi connectivity index (χ0v) is 16.4. The summed E-state index contributed by atoms with van der Waals surface area (Å²) >= 11 is 0. The van der Waals surface area contributed by atoms with Crippen molar-refractivity contribution in [2.75, 3.05) is 7.11 Å². The molecule has 0 unspecified atom stereocenters. The van der Waals surface area contributed by atoms with Crippen LogP contribution in [0.5, 0.6) is 0 Å². The third-order valence-corrected chi connectivity index (χ3v) is 8.02. The van der Waals surface area contributed by atoms with Crippen LogP contribution in [0.25, 0.3) is 0 Å². The van der Waals surface area contributed by atoms with Crippen LogP contribution in [0.2, 0.25) is 0 Å². The highest BCUT2D eigenvalue weighted by Gasteiger charge is 2.77. The summed E-state index contributed by atoms with van der Waals surface area (Å²) in [6, 6.07) is 1.76. The van der Waals surface area contributed by atoms with E-state index < -0.39 is 52.4 Å². The van der Waals surface area contributed by atoms with Crippen molar-refractivity contribution in [3.63, 3.8) is 0 Å². The minimum Gasteiger partial charge on any atom is -0.472 e. The molecule has 2 saturated carbocycles. The smallest absolute Gasteiger partial charge is 0.339 e. The van der Waals surface area contributed by atoms with Crippen molar-refractivity contribution in [2.45, 2.75) is 56.8 Å². The van der Waals surface area contributed by atoms with E-state index in [9.17, 15) is 19.5 Å². The molecule has 5 aliphatic rings. The van der Waals surface area contributed by atoms with Crippen molar-refractivity contribution in [1.82, 2.24) is 0 Å². The average Bonchev–Trinajstić information content (AvgIpc) is 3.21. The molecule has 0 radical (unpaired) electrons. The monoisotopic (exact) mass is 404 g/mol. The van der Waals surface area contributed by atoms with Gasteiger partial charge in [0.05, 0.1) is 25.6 Å². The highest BCUT2D eigenvalue weighted by atomic mass is 16.6. The van der Waals surface area contributed by atoms with E-state index in [0.717, 1.165) is 5.56 Å². The largest absolute Gasteiger partial charge is 0.472 e. The van der Waals surface area contributed by atoms with Crippen LogP contribution in [0.4, 0.5) is 0 Å². The van der Waals surface area contributed by atoms with Gasteiger partial charge in [0, 0.05) is 12.0 Å². The molecule has 0 amide bonds. The Morgan fingerprint density at radius 2 is 2.07 bits per heavy atom. The fraction of sp³-hybridized carbons (Fsp3) is 0.667. The molecule has 6 rings (SSSR count). The van der Waals surface area contributed by atoms with Crippen LogP contribution in [0, 0.1) is 22.7 Å². The van der Waals surface area contributed by atoms with Gasteiger partial charge in [0.1, 0.15) is 17.6 Å². The summed E-state index contributed by atoms with van der Waals surface area (Å²) < 4.78 is 21.3. The molecule has 8 heteroatoms. The van der Waals surface area contributed by atoms with E-state index in [1.165, 1.54) is 13.4 Å². The van der Waals surface area contributed by atoms with Crippen molar-refractivity contribution < 1.29 is 38.1 Å². The number of carbonyl (C=O) groups excluding carboxylic acids is 3. The van der Waals surface area contributed by atoms with Crippen LogP contribution in [-0.2, 0) is 28.6 Å². The molecule has 2 aliphatic carbocycles. The molecule has 156 valence electrons. The normalized spacial score (nSPS) is 45.6.